The summed E-state index contributed by atoms with van der Waals surface area (Å²) in [5.41, 5.74) is -0.271. The number of para-hydroxylation sites is 2. The van der Waals surface area contributed by atoms with Gasteiger partial charge in [-0.05, 0) is 18.9 Å². The molecule has 128 valence electrons. The lowest BCUT2D eigenvalue weighted by Gasteiger charge is -2.20. The Balaban J connectivity index is 2.56. The second-order valence-corrected chi connectivity index (χ2v) is 5.20. The van der Waals surface area contributed by atoms with Gasteiger partial charge in [0.2, 0.25) is 5.69 Å². The molecule has 0 atom stereocenters. The summed E-state index contributed by atoms with van der Waals surface area (Å²) in [7, 11) is 0. The van der Waals surface area contributed by atoms with Crippen molar-refractivity contribution < 1.29 is 14.8 Å². The van der Waals surface area contributed by atoms with Crippen molar-refractivity contribution in [2.75, 3.05) is 18.0 Å². The highest BCUT2D eigenvalue weighted by atomic mass is 16.6. The first-order chi connectivity index (χ1) is 11.5. The van der Waals surface area contributed by atoms with Crippen molar-refractivity contribution in [2.45, 2.75) is 26.7 Å². The smallest absolute Gasteiger partial charge is 0.360 e. The number of nitrogens with zero attached hydrogens (tertiary/aromatic N) is 5. The van der Waals surface area contributed by atoms with Crippen molar-refractivity contribution in [3.63, 3.8) is 0 Å². The van der Waals surface area contributed by atoms with E-state index in [1.165, 1.54) is 18.2 Å². The van der Waals surface area contributed by atoms with E-state index < -0.39 is 10.9 Å². The molecule has 0 fully saturated rings. The molecular weight excluding hydrogens is 314 g/mol. The molecule has 0 aliphatic carbocycles. The van der Waals surface area contributed by atoms with Gasteiger partial charge in [0.25, 0.3) is 5.69 Å². The quantitative estimate of drug-likeness (QED) is 0.583. The monoisotopic (exact) mass is 333 g/mol. The minimum absolute atomic E-state index is 0.129. The lowest BCUT2D eigenvalue weighted by Crippen LogP contribution is -2.27. The molecule has 24 heavy (non-hydrogen) atoms. The van der Waals surface area contributed by atoms with E-state index in [0.717, 1.165) is 17.6 Å². The SMILES string of the molecule is CCCN(CCC)c1nn(-c2ccccc2[N+](=O)[O-])nc1C(=O)O. The van der Waals surface area contributed by atoms with Gasteiger partial charge in [-0.1, -0.05) is 26.0 Å². The Morgan fingerprint density at radius 1 is 1.25 bits per heavy atom. The van der Waals surface area contributed by atoms with Crippen LogP contribution in [0.3, 0.4) is 0 Å². The predicted molar refractivity (Wildman–Crippen MR) is 87.8 cm³/mol. The number of carboxylic acid groups (broad SMARTS) is 1. The molecule has 9 nitrogen and oxygen atoms in total. The van der Waals surface area contributed by atoms with Gasteiger partial charge in [-0.15, -0.1) is 15.0 Å². The summed E-state index contributed by atoms with van der Waals surface area (Å²) in [4.78, 5) is 25.0. The van der Waals surface area contributed by atoms with Gasteiger partial charge in [-0.3, -0.25) is 10.1 Å². The Bertz CT molecular complexity index is 737. The second-order valence-electron chi connectivity index (χ2n) is 5.20. The maximum atomic E-state index is 11.5. The van der Waals surface area contributed by atoms with Crippen LogP contribution < -0.4 is 4.90 Å². The molecule has 0 aliphatic heterocycles. The van der Waals surface area contributed by atoms with Gasteiger partial charge in [0.1, 0.15) is 0 Å². The minimum atomic E-state index is -1.22. The third-order valence-corrected chi connectivity index (χ3v) is 3.38. The van der Waals surface area contributed by atoms with Crippen molar-refractivity contribution in [2.24, 2.45) is 0 Å². The van der Waals surface area contributed by atoms with Crippen LogP contribution in [0.4, 0.5) is 11.5 Å². The van der Waals surface area contributed by atoms with E-state index in [4.69, 9.17) is 0 Å². The average molecular weight is 333 g/mol. The maximum Gasteiger partial charge on any atom is 0.360 e. The van der Waals surface area contributed by atoms with Crippen LogP contribution in [0, 0.1) is 10.1 Å². The van der Waals surface area contributed by atoms with E-state index >= 15 is 0 Å². The Morgan fingerprint density at radius 3 is 2.42 bits per heavy atom. The third-order valence-electron chi connectivity index (χ3n) is 3.38. The fourth-order valence-corrected chi connectivity index (χ4v) is 2.41. The molecule has 1 aromatic heterocycles. The molecule has 0 radical (unpaired) electrons. The summed E-state index contributed by atoms with van der Waals surface area (Å²) >= 11 is 0. The molecule has 9 heteroatoms. The van der Waals surface area contributed by atoms with E-state index in [1.54, 1.807) is 6.07 Å². The Labute approximate surface area is 138 Å². The topological polar surface area (TPSA) is 114 Å². The van der Waals surface area contributed by atoms with E-state index in [1.807, 2.05) is 18.7 Å². The predicted octanol–water partition coefficient (Wildman–Crippen LogP) is 2.50. The number of rotatable bonds is 8. The largest absolute Gasteiger partial charge is 0.476 e. The normalized spacial score (nSPS) is 10.6. The molecule has 2 rings (SSSR count). The van der Waals surface area contributed by atoms with E-state index in [0.29, 0.717) is 13.1 Å². The van der Waals surface area contributed by atoms with Crippen LogP contribution in [0.15, 0.2) is 24.3 Å². The van der Waals surface area contributed by atoms with Gasteiger partial charge in [-0.25, -0.2) is 4.79 Å². The number of nitro benzene ring substituents is 1. The number of aromatic nitrogens is 3. The van der Waals surface area contributed by atoms with Crippen molar-refractivity contribution in [3.8, 4) is 5.69 Å². The summed E-state index contributed by atoms with van der Waals surface area (Å²) in [6.07, 6.45) is 1.63. The van der Waals surface area contributed by atoms with E-state index in [9.17, 15) is 20.0 Å². The molecule has 0 bridgehead atoms. The maximum absolute atomic E-state index is 11.5. The zero-order chi connectivity index (χ0) is 17.7. The molecule has 2 aromatic rings. The van der Waals surface area contributed by atoms with Crippen LogP contribution in [-0.4, -0.2) is 44.1 Å². The lowest BCUT2D eigenvalue weighted by molar-refractivity contribution is -0.384. The van der Waals surface area contributed by atoms with Crippen LogP contribution in [-0.2, 0) is 0 Å². The van der Waals surface area contributed by atoms with Gasteiger partial charge < -0.3 is 10.0 Å². The van der Waals surface area contributed by atoms with E-state index in [-0.39, 0.29) is 22.9 Å². The molecule has 1 aromatic carbocycles. The van der Waals surface area contributed by atoms with Crippen LogP contribution in [0.25, 0.3) is 5.69 Å². The fourth-order valence-electron chi connectivity index (χ4n) is 2.41. The zero-order valence-electron chi connectivity index (χ0n) is 13.5. The summed E-state index contributed by atoms with van der Waals surface area (Å²) in [6.45, 7) is 5.22. The number of carbonyl (C=O) groups is 1. The Hall–Kier alpha value is -2.97. The number of aromatic carboxylic acids is 1. The first-order valence-electron chi connectivity index (χ1n) is 7.68. The van der Waals surface area contributed by atoms with Gasteiger partial charge in [0, 0.05) is 19.2 Å². The second kappa shape index (κ2) is 7.53. The molecule has 1 N–H and O–H groups in total. The molecule has 0 saturated carbocycles. The molecular formula is C15H19N5O4. The van der Waals surface area contributed by atoms with Gasteiger partial charge in [-0.2, -0.15) is 0 Å². The Morgan fingerprint density at radius 2 is 1.88 bits per heavy atom. The number of hydrogen-bond donors (Lipinski definition) is 1. The number of nitro groups is 1. The van der Waals surface area contributed by atoms with E-state index in [2.05, 4.69) is 10.2 Å². The third kappa shape index (κ3) is 3.50. The highest BCUT2D eigenvalue weighted by Crippen LogP contribution is 2.24. The van der Waals surface area contributed by atoms with Gasteiger partial charge >= 0.3 is 5.97 Å². The molecule has 0 saturated heterocycles. The lowest BCUT2D eigenvalue weighted by atomic mass is 10.3. The van der Waals surface area contributed by atoms with Crippen LogP contribution in [0.1, 0.15) is 37.2 Å². The van der Waals surface area contributed by atoms with Crippen molar-refractivity contribution in [1.82, 2.24) is 15.0 Å². The summed E-state index contributed by atoms with van der Waals surface area (Å²) in [5, 5.41) is 28.8. The highest BCUT2D eigenvalue weighted by Gasteiger charge is 2.25. The van der Waals surface area contributed by atoms with Gasteiger partial charge in [0.05, 0.1) is 4.92 Å². The average Bonchev–Trinajstić information content (AvgIpc) is 3.00. The number of anilines is 1. The molecule has 0 unspecified atom stereocenters. The molecule has 0 amide bonds. The van der Waals surface area contributed by atoms with Crippen LogP contribution in [0.5, 0.6) is 0 Å². The Kier molecular flexibility index (Phi) is 5.46. The molecule has 0 aliphatic rings. The zero-order valence-corrected chi connectivity index (χ0v) is 13.5. The van der Waals surface area contributed by atoms with Crippen LogP contribution >= 0.6 is 0 Å². The standard InChI is InChI=1S/C15H19N5O4/c1-3-9-18(10-4-2)14-13(15(21)22)16-19(17-14)11-7-5-6-8-12(11)20(23)24/h5-8H,3-4,9-10H2,1-2H3,(H,21,22). The molecule has 1 heterocycles. The summed E-state index contributed by atoms with van der Waals surface area (Å²) < 4.78 is 0. The number of carboxylic acids is 1. The highest BCUT2D eigenvalue weighted by molar-refractivity contribution is 5.91. The first kappa shape index (κ1) is 17.4. The number of hydrogen-bond acceptors (Lipinski definition) is 6. The summed E-state index contributed by atoms with van der Waals surface area (Å²) in [6, 6.07) is 5.96. The number of benzene rings is 1. The summed E-state index contributed by atoms with van der Waals surface area (Å²) in [5.74, 6) is -0.989. The van der Waals surface area contributed by atoms with Crippen molar-refractivity contribution in [1.29, 1.82) is 0 Å². The first-order valence-corrected chi connectivity index (χ1v) is 7.68. The van der Waals surface area contributed by atoms with Crippen molar-refractivity contribution >= 4 is 17.5 Å². The molecule has 0 spiro atoms. The van der Waals surface area contributed by atoms with Crippen LogP contribution in [0.2, 0.25) is 0 Å². The van der Waals surface area contributed by atoms with Gasteiger partial charge in [0.15, 0.2) is 11.5 Å². The fraction of sp³-hybridized carbons (Fsp3) is 0.400. The van der Waals surface area contributed by atoms with Crippen molar-refractivity contribution in [3.05, 3.63) is 40.1 Å². The minimum Gasteiger partial charge on any atom is -0.476 e.